The number of benzene rings is 2. The van der Waals surface area contributed by atoms with E-state index in [4.69, 9.17) is 0 Å². The number of amides is 1. The number of piperidine rings is 1. The molecule has 1 saturated heterocycles. The van der Waals surface area contributed by atoms with Gasteiger partial charge in [0.25, 0.3) is 0 Å². The van der Waals surface area contributed by atoms with Gasteiger partial charge in [-0.1, -0.05) is 56.3 Å². The van der Waals surface area contributed by atoms with Gasteiger partial charge in [0.2, 0.25) is 15.9 Å². The van der Waals surface area contributed by atoms with Crippen LogP contribution in [0.15, 0.2) is 59.5 Å². The average Bonchev–Trinajstić information content (AvgIpc) is 2.72. The van der Waals surface area contributed by atoms with E-state index in [9.17, 15) is 13.2 Å². The fraction of sp³-hybridized carbons (Fsp3) is 0.435. The highest BCUT2D eigenvalue weighted by atomic mass is 32.2. The molecule has 0 saturated carbocycles. The van der Waals surface area contributed by atoms with Crippen molar-refractivity contribution < 1.29 is 13.2 Å². The van der Waals surface area contributed by atoms with E-state index in [1.165, 1.54) is 4.31 Å². The second kappa shape index (κ2) is 8.67. The molecule has 0 unspecified atom stereocenters. The van der Waals surface area contributed by atoms with Crippen molar-refractivity contribution in [1.82, 2.24) is 9.62 Å². The van der Waals surface area contributed by atoms with E-state index in [-0.39, 0.29) is 17.3 Å². The van der Waals surface area contributed by atoms with Crippen molar-refractivity contribution in [2.24, 2.45) is 5.41 Å². The molecule has 0 bridgehead atoms. The number of hydrogen-bond acceptors (Lipinski definition) is 3. The molecule has 1 aliphatic heterocycles. The van der Waals surface area contributed by atoms with Crippen LogP contribution < -0.4 is 5.32 Å². The Balaban J connectivity index is 1.71. The molecule has 1 heterocycles. The third-order valence-corrected chi connectivity index (χ3v) is 7.55. The lowest BCUT2D eigenvalue weighted by Gasteiger charge is -2.38. The molecule has 1 fully saturated rings. The summed E-state index contributed by atoms with van der Waals surface area (Å²) in [6.45, 7) is 7.09. The molecular weight excluding hydrogens is 384 g/mol. The van der Waals surface area contributed by atoms with E-state index < -0.39 is 15.4 Å². The molecule has 2 aromatic carbocycles. The number of nitrogens with zero attached hydrogens (tertiary/aromatic N) is 1. The summed E-state index contributed by atoms with van der Waals surface area (Å²) in [6.07, 6.45) is 1.34. The summed E-state index contributed by atoms with van der Waals surface area (Å²) in [4.78, 5) is 13.2. The summed E-state index contributed by atoms with van der Waals surface area (Å²) >= 11 is 0. The molecule has 1 N–H and O–H groups in total. The lowest BCUT2D eigenvalue weighted by atomic mass is 9.82. The zero-order valence-corrected chi connectivity index (χ0v) is 18.2. The van der Waals surface area contributed by atoms with Gasteiger partial charge in [-0.25, -0.2) is 8.42 Å². The summed E-state index contributed by atoms with van der Waals surface area (Å²) in [5.41, 5.74) is 1.39. The summed E-state index contributed by atoms with van der Waals surface area (Å²) in [7, 11) is -3.62. The molecule has 3 rings (SSSR count). The SMILES string of the molecule is CC(C)c1ccc(S(=O)(=O)N2CCC[C@@](C)(C(=O)NCc3ccccc3)C2)cc1. The zero-order chi connectivity index (χ0) is 21.1. The van der Waals surface area contributed by atoms with Crippen LogP contribution in [-0.2, 0) is 21.4 Å². The van der Waals surface area contributed by atoms with E-state index in [0.717, 1.165) is 11.1 Å². The molecule has 156 valence electrons. The highest BCUT2D eigenvalue weighted by Crippen LogP contribution is 2.33. The van der Waals surface area contributed by atoms with Crippen LogP contribution in [0.25, 0.3) is 0 Å². The summed E-state index contributed by atoms with van der Waals surface area (Å²) in [5.74, 6) is 0.245. The minimum atomic E-state index is -3.62. The van der Waals surface area contributed by atoms with Crippen molar-refractivity contribution >= 4 is 15.9 Å². The Labute approximate surface area is 174 Å². The molecule has 2 aromatic rings. The van der Waals surface area contributed by atoms with Crippen molar-refractivity contribution in [3.05, 3.63) is 65.7 Å². The molecule has 0 radical (unpaired) electrons. The van der Waals surface area contributed by atoms with Crippen LogP contribution in [-0.4, -0.2) is 31.7 Å². The van der Waals surface area contributed by atoms with Gasteiger partial charge in [0.05, 0.1) is 10.3 Å². The zero-order valence-electron chi connectivity index (χ0n) is 17.4. The maximum absolute atomic E-state index is 13.2. The number of carbonyl (C=O) groups is 1. The van der Waals surface area contributed by atoms with E-state index in [2.05, 4.69) is 19.2 Å². The predicted molar refractivity (Wildman–Crippen MR) is 115 cm³/mol. The van der Waals surface area contributed by atoms with Crippen LogP contribution in [0, 0.1) is 5.41 Å². The molecule has 1 amide bonds. The Morgan fingerprint density at radius 1 is 1.10 bits per heavy atom. The van der Waals surface area contributed by atoms with Crippen LogP contribution in [0.3, 0.4) is 0 Å². The van der Waals surface area contributed by atoms with Crippen LogP contribution in [0.5, 0.6) is 0 Å². The van der Waals surface area contributed by atoms with E-state index in [1.807, 2.05) is 49.4 Å². The Bertz CT molecular complexity index is 940. The fourth-order valence-electron chi connectivity index (χ4n) is 3.75. The number of carbonyl (C=O) groups excluding carboxylic acids is 1. The second-order valence-corrected chi connectivity index (χ2v) is 10.3. The number of sulfonamides is 1. The Kier molecular flexibility index (Phi) is 6.44. The van der Waals surface area contributed by atoms with Gasteiger partial charge >= 0.3 is 0 Å². The van der Waals surface area contributed by atoms with Crippen molar-refractivity contribution in [2.75, 3.05) is 13.1 Å². The molecule has 6 heteroatoms. The first kappa shape index (κ1) is 21.5. The van der Waals surface area contributed by atoms with Crippen molar-refractivity contribution in [3.63, 3.8) is 0 Å². The van der Waals surface area contributed by atoms with Gasteiger partial charge in [-0.05, 0) is 48.9 Å². The van der Waals surface area contributed by atoms with Gasteiger partial charge in [-0.3, -0.25) is 4.79 Å². The minimum Gasteiger partial charge on any atom is -0.352 e. The fourth-order valence-corrected chi connectivity index (χ4v) is 5.35. The van der Waals surface area contributed by atoms with Crippen LogP contribution in [0.1, 0.15) is 50.7 Å². The third kappa shape index (κ3) is 4.87. The Morgan fingerprint density at radius 3 is 2.38 bits per heavy atom. The van der Waals surface area contributed by atoms with E-state index in [0.29, 0.717) is 31.8 Å². The maximum atomic E-state index is 13.2. The van der Waals surface area contributed by atoms with E-state index >= 15 is 0 Å². The predicted octanol–water partition coefficient (Wildman–Crippen LogP) is 3.92. The number of nitrogens with one attached hydrogen (secondary N) is 1. The monoisotopic (exact) mass is 414 g/mol. The molecule has 0 aliphatic carbocycles. The van der Waals surface area contributed by atoms with Gasteiger partial charge < -0.3 is 5.32 Å². The van der Waals surface area contributed by atoms with Gasteiger partial charge in [0.1, 0.15) is 0 Å². The van der Waals surface area contributed by atoms with Gasteiger partial charge in [0.15, 0.2) is 0 Å². The smallest absolute Gasteiger partial charge is 0.243 e. The molecule has 1 aliphatic rings. The normalized spacial score (nSPS) is 20.6. The quantitative estimate of drug-likeness (QED) is 0.779. The molecule has 0 spiro atoms. The minimum absolute atomic E-state index is 0.101. The molecule has 0 aromatic heterocycles. The third-order valence-electron chi connectivity index (χ3n) is 5.69. The average molecular weight is 415 g/mol. The van der Waals surface area contributed by atoms with Crippen molar-refractivity contribution in [3.8, 4) is 0 Å². The van der Waals surface area contributed by atoms with E-state index in [1.54, 1.807) is 12.1 Å². The van der Waals surface area contributed by atoms with Gasteiger partial charge in [-0.15, -0.1) is 0 Å². The van der Waals surface area contributed by atoms with Gasteiger partial charge in [-0.2, -0.15) is 4.31 Å². The summed E-state index contributed by atoms with van der Waals surface area (Å²) in [6, 6.07) is 16.8. The maximum Gasteiger partial charge on any atom is 0.243 e. The second-order valence-electron chi connectivity index (χ2n) is 8.39. The molecule has 5 nitrogen and oxygen atoms in total. The van der Waals surface area contributed by atoms with Crippen LogP contribution in [0.4, 0.5) is 0 Å². The summed E-state index contributed by atoms with van der Waals surface area (Å²) < 4.78 is 27.8. The van der Waals surface area contributed by atoms with Crippen molar-refractivity contribution in [1.29, 1.82) is 0 Å². The van der Waals surface area contributed by atoms with Crippen LogP contribution >= 0.6 is 0 Å². The number of rotatable bonds is 6. The van der Waals surface area contributed by atoms with Gasteiger partial charge in [0, 0.05) is 19.6 Å². The largest absolute Gasteiger partial charge is 0.352 e. The standard InChI is InChI=1S/C23H30N2O3S/c1-18(2)20-10-12-21(13-11-20)29(27,28)25-15-7-14-23(3,17-25)22(26)24-16-19-8-5-4-6-9-19/h4-6,8-13,18H,7,14-17H2,1-3H3,(H,24,26)/t23-/m1/s1. The first-order valence-corrected chi connectivity index (χ1v) is 11.6. The highest BCUT2D eigenvalue weighted by molar-refractivity contribution is 7.89. The topological polar surface area (TPSA) is 66.5 Å². The van der Waals surface area contributed by atoms with Crippen LogP contribution in [0.2, 0.25) is 0 Å². The lowest BCUT2D eigenvalue weighted by molar-refractivity contribution is -0.132. The first-order chi connectivity index (χ1) is 13.7. The first-order valence-electron chi connectivity index (χ1n) is 10.1. The highest BCUT2D eigenvalue weighted by Gasteiger charge is 2.41. The molecule has 29 heavy (non-hydrogen) atoms. The molecular formula is C23H30N2O3S. The lowest BCUT2D eigenvalue weighted by Crippen LogP contribution is -2.51. The number of hydrogen-bond donors (Lipinski definition) is 1. The molecule has 1 atom stereocenters. The van der Waals surface area contributed by atoms with Crippen molar-refractivity contribution in [2.45, 2.75) is 51.0 Å². The summed E-state index contributed by atoms with van der Waals surface area (Å²) in [5, 5.41) is 2.98. The Hall–Kier alpha value is -2.18. The Morgan fingerprint density at radius 2 is 1.76 bits per heavy atom.